The zero-order valence-electron chi connectivity index (χ0n) is 35.8. The van der Waals surface area contributed by atoms with E-state index in [2.05, 4.69) is 38.2 Å². The largest absolute Gasteiger partial charge is 0.472 e. The van der Waals surface area contributed by atoms with E-state index < -0.39 is 75.7 Å². The monoisotopic (exact) mass is 849 g/mol. The van der Waals surface area contributed by atoms with Gasteiger partial charge in [-0.3, -0.25) is 18.6 Å². The number of aliphatic hydroxyl groups excluding tert-OH is 5. The summed E-state index contributed by atoms with van der Waals surface area (Å²) in [6, 6.07) is 0. The predicted octanol–water partition coefficient (Wildman–Crippen LogP) is 8.45. The van der Waals surface area contributed by atoms with Crippen molar-refractivity contribution in [2.75, 3.05) is 13.2 Å². The van der Waals surface area contributed by atoms with Gasteiger partial charge in [-0.2, -0.15) is 0 Å². The highest BCUT2D eigenvalue weighted by molar-refractivity contribution is 7.47. The van der Waals surface area contributed by atoms with Gasteiger partial charge in [0.25, 0.3) is 0 Å². The molecule has 0 radical (unpaired) electrons. The van der Waals surface area contributed by atoms with E-state index in [9.17, 15) is 44.6 Å². The van der Waals surface area contributed by atoms with E-state index in [0.29, 0.717) is 12.8 Å². The average molecular weight is 849 g/mol. The summed E-state index contributed by atoms with van der Waals surface area (Å²) in [5.74, 6) is -1.12. The van der Waals surface area contributed by atoms with Crippen LogP contribution in [0.25, 0.3) is 0 Å². The summed E-state index contributed by atoms with van der Waals surface area (Å²) in [6.45, 7) is 3.27. The van der Waals surface area contributed by atoms with Crippen LogP contribution in [0.5, 0.6) is 0 Å². The van der Waals surface area contributed by atoms with Gasteiger partial charge in [-0.1, -0.05) is 134 Å². The second-order valence-electron chi connectivity index (χ2n) is 15.9. The Bertz CT molecular complexity index is 1120. The van der Waals surface area contributed by atoms with Crippen molar-refractivity contribution in [2.24, 2.45) is 0 Å². The summed E-state index contributed by atoms with van der Waals surface area (Å²) >= 11 is 0. The van der Waals surface area contributed by atoms with E-state index in [1.165, 1.54) is 70.6 Å². The summed E-state index contributed by atoms with van der Waals surface area (Å²) in [7, 11) is -5.12. The number of allylic oxidation sites excluding steroid dienone is 4. The van der Waals surface area contributed by atoms with Crippen molar-refractivity contribution in [1.29, 1.82) is 0 Å². The molecule has 0 bridgehead atoms. The molecule has 0 heterocycles. The van der Waals surface area contributed by atoms with E-state index in [1.54, 1.807) is 0 Å². The summed E-state index contributed by atoms with van der Waals surface area (Å²) in [6.07, 6.45) is 23.8. The first-order valence-electron chi connectivity index (χ1n) is 22.6. The number of rotatable bonds is 37. The molecule has 1 saturated carbocycles. The van der Waals surface area contributed by atoms with Crippen LogP contribution in [0.2, 0.25) is 0 Å². The van der Waals surface area contributed by atoms with Crippen LogP contribution >= 0.6 is 7.82 Å². The number of ether oxygens (including phenoxy) is 2. The number of carbonyl (C=O) groups excluding carboxylic acids is 2. The second kappa shape index (κ2) is 35.0. The molecule has 13 nitrogen and oxygen atoms in total. The highest BCUT2D eigenvalue weighted by Gasteiger charge is 2.51. The van der Waals surface area contributed by atoms with Gasteiger partial charge in [0.05, 0.1) is 6.61 Å². The van der Waals surface area contributed by atoms with E-state index >= 15 is 0 Å². The lowest BCUT2D eigenvalue weighted by atomic mass is 9.85. The summed E-state index contributed by atoms with van der Waals surface area (Å²) in [4.78, 5) is 35.6. The van der Waals surface area contributed by atoms with Crippen LogP contribution in [0.1, 0.15) is 187 Å². The quantitative estimate of drug-likeness (QED) is 0.0150. The lowest BCUT2D eigenvalue weighted by Gasteiger charge is -2.41. The molecule has 0 aromatic heterocycles. The van der Waals surface area contributed by atoms with Crippen LogP contribution in [0.4, 0.5) is 0 Å². The molecular weight excluding hydrogens is 767 g/mol. The molecule has 1 fully saturated rings. The van der Waals surface area contributed by atoms with Gasteiger partial charge in [-0.25, -0.2) is 4.57 Å². The molecule has 1 rings (SSSR count). The van der Waals surface area contributed by atoms with Crippen LogP contribution in [0.15, 0.2) is 24.3 Å². The minimum absolute atomic E-state index is 0.0865. The Hall–Kier alpha value is -1.67. The number of phosphoric ester groups is 1. The van der Waals surface area contributed by atoms with Gasteiger partial charge >= 0.3 is 19.8 Å². The second-order valence-corrected chi connectivity index (χ2v) is 17.3. The van der Waals surface area contributed by atoms with Crippen molar-refractivity contribution in [1.82, 2.24) is 0 Å². The molecule has 1 aliphatic carbocycles. The maximum Gasteiger partial charge on any atom is 0.472 e. The Morgan fingerprint density at radius 3 is 1.31 bits per heavy atom. The summed E-state index contributed by atoms with van der Waals surface area (Å²) in [5, 5.41) is 50.1. The minimum Gasteiger partial charge on any atom is -0.462 e. The predicted molar refractivity (Wildman–Crippen MR) is 226 cm³/mol. The molecule has 1 aliphatic rings. The lowest BCUT2D eigenvalue weighted by molar-refractivity contribution is -0.220. The first-order valence-corrected chi connectivity index (χ1v) is 24.1. The van der Waals surface area contributed by atoms with Crippen molar-refractivity contribution < 1.29 is 63.1 Å². The number of carbonyl (C=O) groups is 2. The van der Waals surface area contributed by atoms with Crippen LogP contribution in [0.3, 0.4) is 0 Å². The molecule has 340 valence electrons. The SMILES string of the molecule is CCCCCCC/C=C\CCCCCCCC(=O)O[C@H](COC(=O)CCCCCCC/C=C\CCCCCCCC)COP(=O)(O)OC1C(O)C(O)C(O)[C@@H](O)C1O. The normalized spacial score (nSPS) is 22.7. The number of unbranched alkanes of at least 4 members (excludes halogenated alkanes) is 21. The maximum absolute atomic E-state index is 12.8. The number of aliphatic hydroxyl groups is 5. The number of phosphoric acid groups is 1. The zero-order valence-corrected chi connectivity index (χ0v) is 36.7. The molecule has 0 aromatic rings. The van der Waals surface area contributed by atoms with E-state index in [1.807, 2.05) is 0 Å². The Morgan fingerprint density at radius 2 is 0.879 bits per heavy atom. The Labute approximate surface area is 349 Å². The van der Waals surface area contributed by atoms with Gasteiger partial charge in [0.2, 0.25) is 0 Å². The molecule has 58 heavy (non-hydrogen) atoms. The minimum atomic E-state index is -5.12. The fraction of sp³-hybridized carbons (Fsp3) is 0.864. The van der Waals surface area contributed by atoms with Crippen LogP contribution in [0, 0.1) is 0 Å². The summed E-state index contributed by atoms with van der Waals surface area (Å²) < 4.78 is 33.5. The third kappa shape index (κ3) is 27.2. The maximum atomic E-state index is 12.8. The van der Waals surface area contributed by atoms with Crippen molar-refractivity contribution in [3.05, 3.63) is 24.3 Å². The fourth-order valence-corrected chi connectivity index (χ4v) is 7.78. The summed E-state index contributed by atoms with van der Waals surface area (Å²) in [5.41, 5.74) is 0. The van der Waals surface area contributed by atoms with Gasteiger partial charge in [-0.05, 0) is 64.2 Å². The number of hydrogen-bond donors (Lipinski definition) is 6. The van der Waals surface area contributed by atoms with Crippen molar-refractivity contribution in [3.8, 4) is 0 Å². The van der Waals surface area contributed by atoms with Crippen molar-refractivity contribution in [2.45, 2.75) is 230 Å². The molecule has 8 atom stereocenters. The highest BCUT2D eigenvalue weighted by atomic mass is 31.2. The van der Waals surface area contributed by atoms with E-state index in [4.69, 9.17) is 18.5 Å². The van der Waals surface area contributed by atoms with Crippen molar-refractivity contribution in [3.63, 3.8) is 0 Å². The van der Waals surface area contributed by atoms with Gasteiger partial charge in [0.1, 0.15) is 43.2 Å². The standard InChI is InChI=1S/C44H81O13P/c1-3-5-7-9-11-13-15-17-19-21-22-24-26-28-30-32-37(45)54-34-36(35-55-58(52,53)57-44-42(50)40(48)39(47)41(49)43(44)51)56-38(46)33-31-29-27-25-23-20-18-16-14-12-10-8-6-4-2/h16-19,36,39-44,47-51H,3-15,20-35H2,1-2H3,(H,52,53)/b18-16-,19-17-/t36-,39?,40-,41?,42?,43?,44?/m1/s1. The Kier molecular flexibility index (Phi) is 32.8. The third-order valence-electron chi connectivity index (χ3n) is 10.5. The highest BCUT2D eigenvalue weighted by Crippen LogP contribution is 2.47. The molecule has 6 N–H and O–H groups in total. The zero-order chi connectivity index (χ0) is 42.9. The van der Waals surface area contributed by atoms with Gasteiger partial charge < -0.3 is 39.9 Å². The van der Waals surface area contributed by atoms with Gasteiger partial charge in [0.15, 0.2) is 6.10 Å². The van der Waals surface area contributed by atoms with Crippen LogP contribution in [-0.4, -0.2) is 98.3 Å². The molecule has 6 unspecified atom stereocenters. The van der Waals surface area contributed by atoms with Crippen LogP contribution in [-0.2, 0) is 32.7 Å². The molecule has 0 saturated heterocycles. The third-order valence-corrected chi connectivity index (χ3v) is 11.5. The molecule has 0 amide bonds. The van der Waals surface area contributed by atoms with Crippen LogP contribution < -0.4 is 0 Å². The topological polar surface area (TPSA) is 210 Å². The fourth-order valence-electron chi connectivity index (χ4n) is 6.81. The van der Waals surface area contributed by atoms with Gasteiger partial charge in [0, 0.05) is 12.8 Å². The number of esters is 2. The van der Waals surface area contributed by atoms with Crippen molar-refractivity contribution >= 4 is 19.8 Å². The first-order chi connectivity index (χ1) is 27.9. The van der Waals surface area contributed by atoms with E-state index in [0.717, 1.165) is 77.0 Å². The molecule has 0 spiro atoms. The lowest BCUT2D eigenvalue weighted by Crippen LogP contribution is -2.64. The van der Waals surface area contributed by atoms with Gasteiger partial charge in [-0.15, -0.1) is 0 Å². The Balaban J connectivity index is 2.48. The van der Waals surface area contributed by atoms with E-state index in [-0.39, 0.29) is 12.8 Å². The average Bonchev–Trinajstić information content (AvgIpc) is 3.20. The molecule has 0 aromatic carbocycles. The molecule has 14 heteroatoms. The smallest absolute Gasteiger partial charge is 0.462 e. The first kappa shape index (κ1) is 54.3. The Morgan fingerprint density at radius 1 is 0.517 bits per heavy atom. The molecule has 0 aliphatic heterocycles. The number of hydrogen-bond acceptors (Lipinski definition) is 12. The molecular formula is C44H81O13P.